The van der Waals surface area contributed by atoms with E-state index in [2.05, 4.69) is 16.0 Å². The van der Waals surface area contributed by atoms with Gasteiger partial charge in [-0.1, -0.05) is 0 Å². The van der Waals surface area contributed by atoms with E-state index in [-0.39, 0.29) is 36.7 Å². The molecule has 0 saturated carbocycles. The van der Waals surface area contributed by atoms with Crippen molar-refractivity contribution >= 4 is 24.2 Å². The summed E-state index contributed by atoms with van der Waals surface area (Å²) in [4.78, 5) is 23.6. The topological polar surface area (TPSA) is 99.7 Å². The zero-order chi connectivity index (χ0) is 15.9. The van der Waals surface area contributed by atoms with Crippen LogP contribution in [0, 0.1) is 5.92 Å². The molecular formula is C15H22ClN3O4. The van der Waals surface area contributed by atoms with Gasteiger partial charge in [-0.2, -0.15) is 0 Å². The predicted octanol–water partition coefficient (Wildman–Crippen LogP) is -0.457. The molecule has 1 heterocycles. The number of hydrogen-bond acceptors (Lipinski definition) is 5. The number of rotatable bonds is 6. The van der Waals surface area contributed by atoms with E-state index in [9.17, 15) is 14.7 Å². The lowest BCUT2D eigenvalue weighted by Gasteiger charge is -2.14. The molecule has 0 bridgehead atoms. The Kier molecular flexibility index (Phi) is 7.80. The van der Waals surface area contributed by atoms with E-state index in [0.29, 0.717) is 30.9 Å². The second-order valence-corrected chi connectivity index (χ2v) is 5.20. The fraction of sp³-hybridized carbons (Fsp3) is 0.467. The van der Waals surface area contributed by atoms with Crippen LogP contribution in [0.25, 0.3) is 0 Å². The minimum absolute atomic E-state index is 0. The first-order valence-corrected chi connectivity index (χ1v) is 7.18. The van der Waals surface area contributed by atoms with Gasteiger partial charge < -0.3 is 25.8 Å². The Balaban J connectivity index is 0.00000264. The molecule has 2 amide bonds. The van der Waals surface area contributed by atoms with Gasteiger partial charge in [-0.15, -0.1) is 12.4 Å². The van der Waals surface area contributed by atoms with E-state index in [1.807, 2.05) is 0 Å². The highest BCUT2D eigenvalue weighted by Crippen LogP contribution is 2.11. The first-order valence-electron chi connectivity index (χ1n) is 7.18. The highest BCUT2D eigenvalue weighted by molar-refractivity contribution is 5.96. The number of carbonyl (C=O) groups excluding carboxylic acids is 2. The van der Waals surface area contributed by atoms with Crippen molar-refractivity contribution in [2.75, 3.05) is 33.3 Å². The Labute approximate surface area is 141 Å². The monoisotopic (exact) mass is 343 g/mol. The highest BCUT2D eigenvalue weighted by atomic mass is 35.5. The lowest BCUT2D eigenvalue weighted by molar-refractivity contribution is -0.120. The fourth-order valence-electron chi connectivity index (χ4n) is 2.24. The number of aliphatic hydroxyl groups excluding tert-OH is 1. The van der Waals surface area contributed by atoms with Crippen LogP contribution in [0.3, 0.4) is 0 Å². The maximum absolute atomic E-state index is 11.9. The van der Waals surface area contributed by atoms with E-state index in [4.69, 9.17) is 4.74 Å². The number of carbonyl (C=O) groups is 2. The third-order valence-corrected chi connectivity index (χ3v) is 3.63. The normalized spacial score (nSPS) is 19.6. The second kappa shape index (κ2) is 9.34. The SMILES string of the molecule is COc1ccc(C(=O)NCC(=O)NCC2CNCC2O)cc1.Cl. The third kappa shape index (κ3) is 5.70. The van der Waals surface area contributed by atoms with Crippen molar-refractivity contribution in [2.24, 2.45) is 5.92 Å². The summed E-state index contributed by atoms with van der Waals surface area (Å²) in [6.07, 6.45) is -0.436. The molecule has 23 heavy (non-hydrogen) atoms. The van der Waals surface area contributed by atoms with Crippen LogP contribution in [0.5, 0.6) is 5.75 Å². The largest absolute Gasteiger partial charge is 0.497 e. The van der Waals surface area contributed by atoms with Gasteiger partial charge in [-0.3, -0.25) is 9.59 Å². The van der Waals surface area contributed by atoms with Gasteiger partial charge >= 0.3 is 0 Å². The smallest absolute Gasteiger partial charge is 0.251 e. The van der Waals surface area contributed by atoms with Gasteiger partial charge in [0.15, 0.2) is 0 Å². The third-order valence-electron chi connectivity index (χ3n) is 3.63. The Morgan fingerprint density at radius 3 is 2.52 bits per heavy atom. The van der Waals surface area contributed by atoms with E-state index in [1.54, 1.807) is 31.4 Å². The maximum atomic E-state index is 11.9. The molecule has 2 unspecified atom stereocenters. The molecule has 1 saturated heterocycles. The summed E-state index contributed by atoms with van der Waals surface area (Å²) in [5.41, 5.74) is 0.462. The van der Waals surface area contributed by atoms with E-state index in [1.165, 1.54) is 0 Å². The van der Waals surface area contributed by atoms with Crippen LogP contribution < -0.4 is 20.7 Å². The van der Waals surface area contributed by atoms with Crippen molar-refractivity contribution in [2.45, 2.75) is 6.10 Å². The summed E-state index contributed by atoms with van der Waals surface area (Å²) in [6, 6.07) is 6.63. The molecule has 128 valence electrons. The Morgan fingerprint density at radius 1 is 1.26 bits per heavy atom. The van der Waals surface area contributed by atoms with E-state index >= 15 is 0 Å². The first-order chi connectivity index (χ1) is 10.6. The molecule has 0 spiro atoms. The molecule has 1 aliphatic heterocycles. The molecule has 4 N–H and O–H groups in total. The number of benzene rings is 1. The molecule has 1 aromatic rings. The zero-order valence-corrected chi connectivity index (χ0v) is 13.7. The highest BCUT2D eigenvalue weighted by Gasteiger charge is 2.24. The van der Waals surface area contributed by atoms with Crippen molar-refractivity contribution in [1.29, 1.82) is 0 Å². The molecule has 1 aliphatic rings. The number of nitrogens with one attached hydrogen (secondary N) is 3. The summed E-state index contributed by atoms with van der Waals surface area (Å²) in [7, 11) is 1.55. The Hall–Kier alpha value is -1.83. The van der Waals surface area contributed by atoms with Crippen LogP contribution in [0.15, 0.2) is 24.3 Å². The molecule has 2 rings (SSSR count). The molecule has 0 aliphatic carbocycles. The number of aliphatic hydroxyl groups is 1. The quantitative estimate of drug-likeness (QED) is 0.560. The van der Waals surface area contributed by atoms with Crippen molar-refractivity contribution < 1.29 is 19.4 Å². The predicted molar refractivity (Wildman–Crippen MR) is 88.0 cm³/mol. The van der Waals surface area contributed by atoms with Crippen LogP contribution in [0.4, 0.5) is 0 Å². The maximum Gasteiger partial charge on any atom is 0.251 e. The van der Waals surface area contributed by atoms with Crippen LogP contribution in [0.1, 0.15) is 10.4 Å². The van der Waals surface area contributed by atoms with Crippen LogP contribution in [-0.4, -0.2) is 56.3 Å². The van der Waals surface area contributed by atoms with Crippen molar-refractivity contribution in [1.82, 2.24) is 16.0 Å². The number of halogens is 1. The molecule has 0 aromatic heterocycles. The van der Waals surface area contributed by atoms with E-state index in [0.717, 1.165) is 0 Å². The van der Waals surface area contributed by atoms with Gasteiger partial charge in [-0.05, 0) is 24.3 Å². The molecule has 2 atom stereocenters. The standard InChI is InChI=1S/C15H21N3O4.ClH/c1-22-12-4-2-10(3-5-12)15(21)18-9-14(20)17-7-11-6-16-8-13(11)19;/h2-5,11,13,16,19H,6-9H2,1H3,(H,17,20)(H,18,21);1H. The molecule has 7 nitrogen and oxygen atoms in total. The summed E-state index contributed by atoms with van der Waals surface area (Å²) in [6.45, 7) is 1.53. The second-order valence-electron chi connectivity index (χ2n) is 5.20. The minimum Gasteiger partial charge on any atom is -0.497 e. The Bertz CT molecular complexity index is 524. The Morgan fingerprint density at radius 2 is 1.96 bits per heavy atom. The summed E-state index contributed by atoms with van der Waals surface area (Å²) >= 11 is 0. The van der Waals surface area contributed by atoms with Gasteiger partial charge in [0.25, 0.3) is 5.91 Å². The fourth-order valence-corrected chi connectivity index (χ4v) is 2.24. The number of hydrogen-bond donors (Lipinski definition) is 4. The summed E-state index contributed by atoms with van der Waals surface area (Å²) in [5, 5.41) is 17.9. The lowest BCUT2D eigenvalue weighted by Crippen LogP contribution is -2.40. The van der Waals surface area contributed by atoms with Crippen LogP contribution in [-0.2, 0) is 4.79 Å². The minimum atomic E-state index is -0.436. The number of ether oxygens (including phenoxy) is 1. The first kappa shape index (κ1) is 19.2. The molecule has 1 aromatic carbocycles. The average Bonchev–Trinajstić information content (AvgIpc) is 2.95. The number of methoxy groups -OCH3 is 1. The summed E-state index contributed by atoms with van der Waals surface area (Å²) < 4.78 is 5.02. The molecule has 8 heteroatoms. The van der Waals surface area contributed by atoms with Gasteiger partial charge in [0, 0.05) is 31.1 Å². The summed E-state index contributed by atoms with van der Waals surface area (Å²) in [5.74, 6) is 0.0839. The van der Waals surface area contributed by atoms with Crippen molar-refractivity contribution in [3.8, 4) is 5.75 Å². The molecular weight excluding hydrogens is 322 g/mol. The van der Waals surface area contributed by atoms with Crippen molar-refractivity contribution in [3.05, 3.63) is 29.8 Å². The van der Waals surface area contributed by atoms with Gasteiger partial charge in [0.05, 0.1) is 19.8 Å². The van der Waals surface area contributed by atoms with Gasteiger partial charge in [0.1, 0.15) is 5.75 Å². The average molecular weight is 344 g/mol. The van der Waals surface area contributed by atoms with Gasteiger partial charge in [0.2, 0.25) is 5.91 Å². The zero-order valence-electron chi connectivity index (χ0n) is 12.9. The molecule has 0 radical (unpaired) electrons. The number of amides is 2. The van der Waals surface area contributed by atoms with Crippen molar-refractivity contribution in [3.63, 3.8) is 0 Å². The van der Waals surface area contributed by atoms with Crippen LogP contribution in [0.2, 0.25) is 0 Å². The van der Waals surface area contributed by atoms with Gasteiger partial charge in [-0.25, -0.2) is 0 Å². The van der Waals surface area contributed by atoms with Crippen LogP contribution >= 0.6 is 12.4 Å². The molecule has 1 fully saturated rings. The lowest BCUT2D eigenvalue weighted by atomic mass is 10.1. The van der Waals surface area contributed by atoms with E-state index < -0.39 is 6.10 Å². The number of β-amino-alcohol motifs (C(OH)–C–C–N with tert-alkyl or cyclic N) is 1.